The van der Waals surface area contributed by atoms with Crippen molar-refractivity contribution >= 4 is 23.1 Å². The predicted octanol–water partition coefficient (Wildman–Crippen LogP) is 0.862. The van der Waals surface area contributed by atoms with E-state index in [1.54, 1.807) is 13.8 Å². The van der Waals surface area contributed by atoms with E-state index in [0.717, 1.165) is 0 Å². The number of carbonyl (C=O) groups excluding carboxylic acids is 4. The van der Waals surface area contributed by atoms with Crippen LogP contribution >= 0.6 is 0 Å². The Balaban J connectivity index is 2.48. The minimum atomic E-state index is -0.912. The molecule has 0 aromatic carbocycles. The highest BCUT2D eigenvalue weighted by Gasteiger charge is 2.56. The average Bonchev–Trinajstić information content (AvgIpc) is 2.24. The number of aliphatic hydroxyl groups is 1. The molecule has 5 nitrogen and oxygen atoms in total. The zero-order valence-electron chi connectivity index (χ0n) is 11.9. The van der Waals surface area contributed by atoms with Crippen LogP contribution in [0.1, 0.15) is 46.0 Å². The molecule has 1 N–H and O–H groups in total. The largest absolute Gasteiger partial charge is 0.396 e. The van der Waals surface area contributed by atoms with E-state index in [4.69, 9.17) is 0 Å². The van der Waals surface area contributed by atoms with E-state index in [0.29, 0.717) is 0 Å². The quantitative estimate of drug-likeness (QED) is 0.758. The zero-order valence-corrected chi connectivity index (χ0v) is 11.9. The first-order chi connectivity index (χ1) is 9.20. The van der Waals surface area contributed by atoms with Gasteiger partial charge in [0.1, 0.15) is 23.1 Å². The summed E-state index contributed by atoms with van der Waals surface area (Å²) in [6, 6.07) is 0. The Kier molecular flexibility index (Phi) is 3.67. The number of carbonyl (C=O) groups is 4. The molecule has 0 bridgehead atoms. The molecule has 20 heavy (non-hydrogen) atoms. The SMILES string of the molecule is CC(C)(CO)C1C(=O)CC(=O)CC12CC(=O)CC(=O)C2. The van der Waals surface area contributed by atoms with Crippen LogP contribution in [-0.2, 0) is 19.2 Å². The number of hydrogen-bond acceptors (Lipinski definition) is 5. The van der Waals surface area contributed by atoms with Crippen LogP contribution < -0.4 is 0 Å². The second-order valence-corrected chi connectivity index (χ2v) is 6.91. The lowest BCUT2D eigenvalue weighted by atomic mass is 9.52. The van der Waals surface area contributed by atoms with Gasteiger partial charge < -0.3 is 5.11 Å². The van der Waals surface area contributed by atoms with Crippen LogP contribution in [-0.4, -0.2) is 34.8 Å². The number of ketones is 4. The summed E-state index contributed by atoms with van der Waals surface area (Å²) in [6.07, 6.45) is 0.00752. The smallest absolute Gasteiger partial charge is 0.144 e. The highest BCUT2D eigenvalue weighted by molar-refractivity contribution is 6.08. The molecule has 0 aromatic heterocycles. The Morgan fingerprint density at radius 2 is 1.45 bits per heavy atom. The number of Topliss-reactive ketones (excluding diaryl/α,β-unsaturated/α-hetero) is 4. The summed E-state index contributed by atoms with van der Waals surface area (Å²) in [6.45, 7) is 3.27. The van der Waals surface area contributed by atoms with Crippen molar-refractivity contribution in [3.63, 3.8) is 0 Å². The van der Waals surface area contributed by atoms with E-state index >= 15 is 0 Å². The number of hydrogen-bond donors (Lipinski definition) is 1. The molecule has 2 saturated carbocycles. The molecule has 2 aliphatic carbocycles. The lowest BCUT2D eigenvalue weighted by Gasteiger charge is -2.49. The van der Waals surface area contributed by atoms with Crippen LogP contribution in [0, 0.1) is 16.7 Å². The molecule has 1 spiro atoms. The van der Waals surface area contributed by atoms with E-state index in [2.05, 4.69) is 0 Å². The van der Waals surface area contributed by atoms with E-state index in [1.807, 2.05) is 0 Å². The minimum absolute atomic E-state index is 0.0876. The summed E-state index contributed by atoms with van der Waals surface area (Å²) in [5.74, 6) is -1.49. The Morgan fingerprint density at radius 1 is 1.00 bits per heavy atom. The first-order valence-corrected chi connectivity index (χ1v) is 6.89. The summed E-state index contributed by atoms with van der Waals surface area (Å²) >= 11 is 0. The molecule has 1 atom stereocenters. The standard InChI is InChI=1S/C15H20O5/c1-14(2,8-16)13-12(20)4-11(19)7-15(13)5-9(17)3-10(18)6-15/h13,16H,3-8H2,1-2H3. The van der Waals surface area contributed by atoms with Gasteiger partial charge in [0.2, 0.25) is 0 Å². The van der Waals surface area contributed by atoms with Gasteiger partial charge in [-0.3, -0.25) is 19.2 Å². The highest BCUT2D eigenvalue weighted by atomic mass is 16.3. The predicted molar refractivity (Wildman–Crippen MR) is 69.9 cm³/mol. The van der Waals surface area contributed by atoms with Crippen LogP contribution in [0.25, 0.3) is 0 Å². The van der Waals surface area contributed by atoms with E-state index in [-0.39, 0.29) is 61.8 Å². The molecule has 0 aliphatic heterocycles. The second-order valence-electron chi connectivity index (χ2n) is 6.91. The summed E-state index contributed by atoms with van der Waals surface area (Å²) in [5.41, 5.74) is -1.65. The minimum Gasteiger partial charge on any atom is -0.396 e. The van der Waals surface area contributed by atoms with Gasteiger partial charge in [0, 0.05) is 37.2 Å². The molecule has 0 saturated heterocycles. The molecule has 0 radical (unpaired) electrons. The molecular weight excluding hydrogens is 260 g/mol. The maximum atomic E-state index is 12.3. The van der Waals surface area contributed by atoms with Crippen molar-refractivity contribution in [1.82, 2.24) is 0 Å². The van der Waals surface area contributed by atoms with Crippen LogP contribution in [0.2, 0.25) is 0 Å². The Morgan fingerprint density at radius 3 is 1.90 bits per heavy atom. The van der Waals surface area contributed by atoms with Gasteiger partial charge in [0.25, 0.3) is 0 Å². The van der Waals surface area contributed by atoms with E-state index in [9.17, 15) is 24.3 Å². The number of rotatable bonds is 2. The van der Waals surface area contributed by atoms with Crippen LogP contribution in [0.15, 0.2) is 0 Å². The van der Waals surface area contributed by atoms with Crippen molar-refractivity contribution in [2.24, 2.45) is 16.7 Å². The fraction of sp³-hybridized carbons (Fsp3) is 0.733. The Hall–Kier alpha value is -1.36. The second kappa shape index (κ2) is 4.88. The lowest BCUT2D eigenvalue weighted by molar-refractivity contribution is -0.154. The van der Waals surface area contributed by atoms with Crippen LogP contribution in [0.3, 0.4) is 0 Å². The lowest BCUT2D eigenvalue weighted by Crippen LogP contribution is -2.54. The highest BCUT2D eigenvalue weighted by Crippen LogP contribution is 2.53. The summed E-state index contributed by atoms with van der Waals surface area (Å²) in [4.78, 5) is 47.8. The van der Waals surface area contributed by atoms with Gasteiger partial charge >= 0.3 is 0 Å². The van der Waals surface area contributed by atoms with Crippen molar-refractivity contribution in [1.29, 1.82) is 0 Å². The van der Waals surface area contributed by atoms with Crippen LogP contribution in [0.5, 0.6) is 0 Å². The first kappa shape index (κ1) is 15.0. The monoisotopic (exact) mass is 280 g/mol. The molecule has 0 amide bonds. The third-order valence-corrected chi connectivity index (χ3v) is 4.54. The van der Waals surface area contributed by atoms with Gasteiger partial charge in [-0.15, -0.1) is 0 Å². The van der Waals surface area contributed by atoms with Gasteiger partial charge in [-0.05, 0) is 5.41 Å². The maximum Gasteiger partial charge on any atom is 0.144 e. The molecule has 2 fully saturated rings. The van der Waals surface area contributed by atoms with Crippen molar-refractivity contribution in [3.8, 4) is 0 Å². The van der Waals surface area contributed by atoms with Crippen LogP contribution in [0.4, 0.5) is 0 Å². The summed E-state index contributed by atoms with van der Waals surface area (Å²) in [5, 5.41) is 9.57. The molecular formula is C15H20O5. The van der Waals surface area contributed by atoms with Crippen molar-refractivity contribution < 1.29 is 24.3 Å². The topological polar surface area (TPSA) is 88.5 Å². The summed E-state index contributed by atoms with van der Waals surface area (Å²) in [7, 11) is 0. The molecule has 2 aliphatic rings. The van der Waals surface area contributed by atoms with Gasteiger partial charge in [-0.1, -0.05) is 13.8 Å². The molecule has 2 rings (SSSR count). The van der Waals surface area contributed by atoms with Gasteiger partial charge in [0.05, 0.1) is 12.8 Å². The maximum absolute atomic E-state index is 12.3. The third-order valence-electron chi connectivity index (χ3n) is 4.54. The Labute approximate surface area is 117 Å². The Bertz CT molecular complexity index is 456. The van der Waals surface area contributed by atoms with E-state index < -0.39 is 16.7 Å². The van der Waals surface area contributed by atoms with Crippen molar-refractivity contribution in [2.75, 3.05) is 6.61 Å². The van der Waals surface area contributed by atoms with Gasteiger partial charge in [-0.2, -0.15) is 0 Å². The number of aliphatic hydroxyl groups excluding tert-OH is 1. The molecule has 110 valence electrons. The van der Waals surface area contributed by atoms with Crippen molar-refractivity contribution in [3.05, 3.63) is 0 Å². The van der Waals surface area contributed by atoms with Gasteiger partial charge in [0.15, 0.2) is 0 Å². The average molecular weight is 280 g/mol. The summed E-state index contributed by atoms with van der Waals surface area (Å²) < 4.78 is 0. The molecule has 1 unspecified atom stereocenters. The zero-order chi connectivity index (χ0) is 15.1. The van der Waals surface area contributed by atoms with E-state index in [1.165, 1.54) is 0 Å². The molecule has 0 aromatic rings. The fourth-order valence-electron chi connectivity index (χ4n) is 4.07. The van der Waals surface area contributed by atoms with Gasteiger partial charge in [-0.25, -0.2) is 0 Å². The first-order valence-electron chi connectivity index (χ1n) is 6.89. The fourth-order valence-corrected chi connectivity index (χ4v) is 4.07. The normalized spacial score (nSPS) is 27.2. The molecule has 0 heterocycles. The van der Waals surface area contributed by atoms with Crippen molar-refractivity contribution in [2.45, 2.75) is 46.0 Å². The third kappa shape index (κ3) is 2.46. The molecule has 5 heteroatoms.